The predicted octanol–water partition coefficient (Wildman–Crippen LogP) is 4.56. The van der Waals surface area contributed by atoms with E-state index in [0.717, 1.165) is 69.9 Å². The Morgan fingerprint density at radius 3 is 2.63 bits per heavy atom. The van der Waals surface area contributed by atoms with E-state index in [0.29, 0.717) is 30.2 Å². The third kappa shape index (κ3) is 8.92. The van der Waals surface area contributed by atoms with Gasteiger partial charge >= 0.3 is 0 Å². The number of nitrogens with zero attached hydrogens (tertiary/aromatic N) is 2. The van der Waals surface area contributed by atoms with Crippen LogP contribution < -0.4 is 20.3 Å². The zero-order valence-corrected chi connectivity index (χ0v) is 25.5. The first-order chi connectivity index (χ1) is 21.0. The van der Waals surface area contributed by atoms with E-state index in [4.69, 9.17) is 9.47 Å². The van der Waals surface area contributed by atoms with Crippen molar-refractivity contribution in [3.63, 3.8) is 0 Å². The van der Waals surface area contributed by atoms with E-state index in [2.05, 4.69) is 20.4 Å². The summed E-state index contributed by atoms with van der Waals surface area (Å²) < 4.78 is 24.7. The van der Waals surface area contributed by atoms with Crippen molar-refractivity contribution in [1.82, 2.24) is 15.5 Å². The Hall–Kier alpha value is -3.17. The van der Waals surface area contributed by atoms with Crippen LogP contribution >= 0.6 is 0 Å². The Balaban J connectivity index is 1.29. The maximum atomic E-state index is 14.0. The molecule has 2 atom stereocenters. The number of morpholine rings is 1. The number of carbonyl (C=O) groups is 2. The van der Waals surface area contributed by atoms with E-state index < -0.39 is 6.04 Å². The van der Waals surface area contributed by atoms with Crippen molar-refractivity contribution in [1.29, 1.82) is 0 Å². The molecule has 0 aromatic heterocycles. The van der Waals surface area contributed by atoms with Crippen LogP contribution in [0.5, 0.6) is 5.75 Å². The van der Waals surface area contributed by atoms with E-state index in [-0.39, 0.29) is 23.7 Å². The SMILES string of the molecule is COc1cccc(C(=O)NC(CCC2CCCCC2)C(=O)NC(CCN2CCOCC2)CN2CCc3cc(F)ccc32)c1. The van der Waals surface area contributed by atoms with E-state index in [1.165, 1.54) is 38.2 Å². The second-order valence-electron chi connectivity index (χ2n) is 12.3. The fourth-order valence-corrected chi connectivity index (χ4v) is 6.72. The van der Waals surface area contributed by atoms with Crippen molar-refractivity contribution in [2.75, 3.05) is 57.9 Å². The van der Waals surface area contributed by atoms with Gasteiger partial charge in [0.25, 0.3) is 5.91 Å². The minimum Gasteiger partial charge on any atom is -0.497 e. The van der Waals surface area contributed by atoms with Crippen LogP contribution in [0.25, 0.3) is 0 Å². The molecular weight excluding hydrogens is 547 g/mol. The number of benzene rings is 2. The van der Waals surface area contributed by atoms with Gasteiger partial charge in [0, 0.05) is 50.0 Å². The lowest BCUT2D eigenvalue weighted by Gasteiger charge is -2.32. The molecule has 5 rings (SSSR count). The monoisotopic (exact) mass is 594 g/mol. The molecule has 2 amide bonds. The molecule has 2 aromatic carbocycles. The lowest BCUT2D eigenvalue weighted by atomic mass is 9.85. The minimum atomic E-state index is -0.633. The molecule has 0 spiro atoms. The highest BCUT2D eigenvalue weighted by Gasteiger charge is 2.29. The van der Waals surface area contributed by atoms with Crippen LogP contribution in [0.2, 0.25) is 0 Å². The van der Waals surface area contributed by atoms with Gasteiger partial charge in [0.1, 0.15) is 17.6 Å². The number of fused-ring (bicyclic) bond motifs is 1. The van der Waals surface area contributed by atoms with Gasteiger partial charge in [-0.1, -0.05) is 38.2 Å². The molecule has 9 heteroatoms. The summed E-state index contributed by atoms with van der Waals surface area (Å²) in [7, 11) is 1.57. The molecule has 2 fully saturated rings. The first-order valence-electron chi connectivity index (χ1n) is 16.1. The van der Waals surface area contributed by atoms with Crippen LogP contribution in [-0.4, -0.2) is 81.8 Å². The standard InChI is InChI=1S/C34H47FN4O4/c1-42-30-9-5-8-27(23-30)33(40)37-31(12-10-25-6-3-2-4-7-25)34(41)36-29(15-16-38-18-20-43-21-19-38)24-39-17-14-26-22-28(35)11-13-32(26)39/h5,8-9,11,13,22-23,25,29,31H,2-4,6-7,10,12,14-21,24H2,1H3,(H,36,41)(H,37,40). The van der Waals surface area contributed by atoms with Gasteiger partial charge in [-0.25, -0.2) is 4.39 Å². The Labute approximate surface area is 255 Å². The van der Waals surface area contributed by atoms with Crippen LogP contribution in [0.4, 0.5) is 10.1 Å². The summed E-state index contributed by atoms with van der Waals surface area (Å²) in [6, 6.07) is 11.2. The Kier molecular flexibility index (Phi) is 11.3. The fraction of sp³-hybridized carbons (Fsp3) is 0.588. The molecule has 2 aromatic rings. The summed E-state index contributed by atoms with van der Waals surface area (Å²) in [6.45, 7) is 5.49. The van der Waals surface area contributed by atoms with Gasteiger partial charge in [0.2, 0.25) is 5.91 Å². The summed E-state index contributed by atoms with van der Waals surface area (Å²) in [6.07, 6.45) is 9.23. The zero-order valence-electron chi connectivity index (χ0n) is 25.5. The van der Waals surface area contributed by atoms with Gasteiger partial charge in [-0.2, -0.15) is 0 Å². The largest absolute Gasteiger partial charge is 0.497 e. The summed E-state index contributed by atoms with van der Waals surface area (Å²) in [5, 5.41) is 6.40. The molecule has 0 radical (unpaired) electrons. The summed E-state index contributed by atoms with van der Waals surface area (Å²) in [5.74, 6) is 0.562. The second-order valence-corrected chi connectivity index (χ2v) is 12.3. The van der Waals surface area contributed by atoms with Crippen LogP contribution in [0, 0.1) is 11.7 Å². The average Bonchev–Trinajstić information content (AvgIpc) is 3.43. The first-order valence-corrected chi connectivity index (χ1v) is 16.1. The van der Waals surface area contributed by atoms with Gasteiger partial charge in [0.15, 0.2) is 0 Å². The number of rotatable bonds is 13. The molecule has 8 nitrogen and oxygen atoms in total. The fourth-order valence-electron chi connectivity index (χ4n) is 6.72. The normalized spacial score (nSPS) is 19.0. The zero-order chi connectivity index (χ0) is 30.0. The van der Waals surface area contributed by atoms with E-state index >= 15 is 0 Å². The lowest BCUT2D eigenvalue weighted by Crippen LogP contribution is -2.53. The summed E-state index contributed by atoms with van der Waals surface area (Å²) in [5.41, 5.74) is 2.51. The maximum absolute atomic E-state index is 14.0. The van der Waals surface area contributed by atoms with Gasteiger partial charge in [-0.05, 0) is 73.6 Å². The minimum absolute atomic E-state index is 0.128. The van der Waals surface area contributed by atoms with Gasteiger partial charge in [-0.3, -0.25) is 14.5 Å². The number of halogens is 1. The second kappa shape index (κ2) is 15.5. The molecule has 2 aliphatic heterocycles. The molecule has 1 saturated carbocycles. The van der Waals surface area contributed by atoms with Gasteiger partial charge in [0.05, 0.1) is 20.3 Å². The number of anilines is 1. The van der Waals surface area contributed by atoms with Crippen LogP contribution in [0.15, 0.2) is 42.5 Å². The molecule has 1 aliphatic carbocycles. The molecule has 0 bridgehead atoms. The quantitative estimate of drug-likeness (QED) is 0.354. The molecule has 2 N–H and O–H groups in total. The third-order valence-electron chi connectivity index (χ3n) is 9.26. The van der Waals surface area contributed by atoms with E-state index in [1.54, 1.807) is 37.4 Å². The van der Waals surface area contributed by atoms with Crippen LogP contribution in [0.3, 0.4) is 0 Å². The predicted molar refractivity (Wildman–Crippen MR) is 166 cm³/mol. The Bertz CT molecular complexity index is 1210. The van der Waals surface area contributed by atoms with E-state index in [9.17, 15) is 14.0 Å². The molecular formula is C34H47FN4O4. The van der Waals surface area contributed by atoms with Crippen LogP contribution in [-0.2, 0) is 16.0 Å². The lowest BCUT2D eigenvalue weighted by molar-refractivity contribution is -0.124. The van der Waals surface area contributed by atoms with Crippen molar-refractivity contribution in [2.24, 2.45) is 5.92 Å². The highest BCUT2D eigenvalue weighted by Crippen LogP contribution is 2.30. The summed E-state index contributed by atoms with van der Waals surface area (Å²) >= 11 is 0. The summed E-state index contributed by atoms with van der Waals surface area (Å²) in [4.78, 5) is 31.9. The van der Waals surface area contributed by atoms with Crippen molar-refractivity contribution in [3.8, 4) is 5.75 Å². The number of hydrogen-bond donors (Lipinski definition) is 2. The Morgan fingerprint density at radius 2 is 1.84 bits per heavy atom. The number of nitrogens with one attached hydrogen (secondary N) is 2. The highest BCUT2D eigenvalue weighted by molar-refractivity contribution is 5.97. The molecule has 3 aliphatic rings. The smallest absolute Gasteiger partial charge is 0.252 e. The molecule has 43 heavy (non-hydrogen) atoms. The topological polar surface area (TPSA) is 83.1 Å². The number of hydrogen-bond acceptors (Lipinski definition) is 6. The third-order valence-corrected chi connectivity index (χ3v) is 9.26. The van der Waals surface area contributed by atoms with Crippen molar-refractivity contribution >= 4 is 17.5 Å². The highest BCUT2D eigenvalue weighted by atomic mass is 19.1. The van der Waals surface area contributed by atoms with Gasteiger partial charge in [-0.15, -0.1) is 0 Å². The molecule has 2 unspecified atom stereocenters. The molecule has 234 valence electrons. The number of carbonyl (C=O) groups excluding carboxylic acids is 2. The maximum Gasteiger partial charge on any atom is 0.252 e. The van der Waals surface area contributed by atoms with Crippen molar-refractivity contribution < 1.29 is 23.5 Å². The molecule has 1 saturated heterocycles. The molecule has 2 heterocycles. The van der Waals surface area contributed by atoms with Crippen LogP contribution in [0.1, 0.15) is 67.3 Å². The number of methoxy groups -OCH3 is 1. The number of ether oxygens (including phenoxy) is 2. The van der Waals surface area contributed by atoms with E-state index in [1.807, 2.05) is 6.07 Å². The van der Waals surface area contributed by atoms with Crippen molar-refractivity contribution in [2.45, 2.75) is 69.9 Å². The Morgan fingerprint density at radius 1 is 1.02 bits per heavy atom. The van der Waals surface area contributed by atoms with Crippen molar-refractivity contribution in [3.05, 3.63) is 59.4 Å². The van der Waals surface area contributed by atoms with Gasteiger partial charge < -0.3 is 25.0 Å². The average molecular weight is 595 g/mol. The first kappa shape index (κ1) is 31.3. The number of amides is 2.